The molecule has 0 bridgehead atoms. The Labute approximate surface area is 452 Å². The summed E-state index contributed by atoms with van der Waals surface area (Å²) in [5.74, 6) is -4.54. The van der Waals surface area contributed by atoms with Crippen molar-refractivity contribution in [3.63, 3.8) is 0 Å². The number of hydrogen-bond acceptors (Lipinski definition) is 14. The van der Waals surface area contributed by atoms with Crippen LogP contribution in [0.1, 0.15) is 181 Å². The van der Waals surface area contributed by atoms with Crippen LogP contribution < -0.4 is 76.9 Å². The summed E-state index contributed by atoms with van der Waals surface area (Å²) in [6.45, 7) is 5.56. The van der Waals surface area contributed by atoms with Crippen molar-refractivity contribution in [1.82, 2.24) is 42.5 Å². The van der Waals surface area contributed by atoms with Crippen molar-refractivity contribution in [2.75, 3.05) is 45.8 Å². The molecule has 0 aromatic heterocycles. The van der Waals surface area contributed by atoms with Crippen LogP contribution in [-0.2, 0) is 38.4 Å². The van der Waals surface area contributed by atoms with Gasteiger partial charge in [-0.25, -0.2) is 0 Å². The molecule has 1 aliphatic heterocycles. The molecule has 0 aromatic carbocycles. The minimum Gasteiger partial charge on any atom is -0.393 e. The number of unbranched alkanes of at least 4 members (excludes halogenated alkanes) is 9. The highest BCUT2D eigenvalue weighted by Crippen LogP contribution is 2.15. The summed E-state index contributed by atoms with van der Waals surface area (Å²) in [5.41, 5.74) is 34.1. The standard InChI is InChI=1S/C52H101N15O9/c1-36(2)20-7-5-3-4-6-8-21-37(68)34-44(69)61-35-45(70)62-39(27-19-33-60-52(57)58)47(72)64-43-26-13-18-32-59-46(71)38(22-9-14-28-53)63-48(73)40(23-10-15-29-54)65-49(74)41(24-11-16-30-55)66-50(75)42(67-51(43)76)25-12-17-31-56/h36-43,68H,3-35,53-56H2,1-2H3,(H,59,71)(H,61,69)(H,62,70)(H,63,73)(H,64,72)(H,65,74)(H,66,75)(H,67,76)(H4,57,58,60)/t37?,38-,39-,40-,41-,42-,43-/m0/s1. The number of carbonyl (C=O) groups is 8. The van der Waals surface area contributed by atoms with Crippen LogP contribution in [0.5, 0.6) is 0 Å². The third kappa shape index (κ3) is 33.1. The van der Waals surface area contributed by atoms with E-state index in [4.69, 9.17) is 34.4 Å². The molecule has 24 nitrogen and oxygen atoms in total. The fourth-order valence-corrected chi connectivity index (χ4v) is 8.71. The number of aliphatic imine (C=N–C) groups is 1. The van der Waals surface area contributed by atoms with Gasteiger partial charge in [0.1, 0.15) is 36.3 Å². The molecular weight excluding hydrogens is 979 g/mol. The van der Waals surface area contributed by atoms with Crippen molar-refractivity contribution in [3.8, 4) is 0 Å². The normalized spacial score (nSPS) is 20.1. The third-order valence-electron chi connectivity index (χ3n) is 13.2. The van der Waals surface area contributed by atoms with Crippen LogP contribution in [0.4, 0.5) is 0 Å². The number of aliphatic hydroxyl groups excluding tert-OH is 1. The van der Waals surface area contributed by atoms with Crippen molar-refractivity contribution in [3.05, 3.63) is 0 Å². The Bertz CT molecular complexity index is 1720. The fraction of sp³-hybridized carbons (Fsp3) is 0.827. The van der Waals surface area contributed by atoms with Crippen molar-refractivity contribution in [1.29, 1.82) is 0 Å². The number of nitrogens with two attached hydrogens (primary N) is 6. The minimum absolute atomic E-state index is 0.0215. The number of nitrogens with zero attached hydrogens (tertiary/aromatic N) is 1. The number of guanidine groups is 1. The second-order valence-corrected chi connectivity index (χ2v) is 20.5. The Kier molecular flexibility index (Phi) is 38.8. The van der Waals surface area contributed by atoms with Gasteiger partial charge >= 0.3 is 0 Å². The first kappa shape index (κ1) is 68.8. The summed E-state index contributed by atoms with van der Waals surface area (Å²) in [4.78, 5) is 115. The van der Waals surface area contributed by atoms with E-state index in [9.17, 15) is 43.5 Å². The zero-order chi connectivity index (χ0) is 56.5. The largest absolute Gasteiger partial charge is 0.393 e. The summed E-state index contributed by atoms with van der Waals surface area (Å²) in [5, 5.41) is 32.5. The fourth-order valence-electron chi connectivity index (χ4n) is 8.71. The molecule has 0 spiro atoms. The molecular formula is C52H101N15O9. The first-order chi connectivity index (χ1) is 36.4. The second-order valence-electron chi connectivity index (χ2n) is 20.5. The monoisotopic (exact) mass is 1080 g/mol. The number of hydrogen-bond donors (Lipinski definition) is 15. The van der Waals surface area contributed by atoms with Gasteiger partial charge in [-0.15, -0.1) is 0 Å². The quantitative estimate of drug-likeness (QED) is 0.0212. The minimum atomic E-state index is -1.26. The first-order valence-electron chi connectivity index (χ1n) is 28.3. The number of amides is 8. The molecule has 21 N–H and O–H groups in total. The average molecular weight is 1080 g/mol. The van der Waals surface area contributed by atoms with E-state index in [2.05, 4.69) is 61.4 Å². The van der Waals surface area contributed by atoms with Crippen molar-refractivity contribution in [2.45, 2.75) is 223 Å². The van der Waals surface area contributed by atoms with E-state index >= 15 is 0 Å². The molecule has 0 saturated carbocycles. The molecule has 1 unspecified atom stereocenters. The summed E-state index contributed by atoms with van der Waals surface area (Å²) < 4.78 is 0. The van der Waals surface area contributed by atoms with Gasteiger partial charge in [0, 0.05) is 13.1 Å². The summed E-state index contributed by atoms with van der Waals surface area (Å²) >= 11 is 0. The van der Waals surface area contributed by atoms with E-state index < -0.39 is 96.2 Å². The van der Waals surface area contributed by atoms with Crippen LogP contribution in [0.15, 0.2) is 4.99 Å². The molecule has 1 saturated heterocycles. The molecule has 0 aliphatic carbocycles. The molecule has 7 atom stereocenters. The molecule has 8 amide bonds. The molecule has 1 aliphatic rings. The van der Waals surface area contributed by atoms with Gasteiger partial charge in [-0.05, 0) is 148 Å². The summed E-state index contributed by atoms with van der Waals surface area (Å²) in [6, 6.07) is -6.87. The van der Waals surface area contributed by atoms with Crippen LogP contribution in [0.2, 0.25) is 0 Å². The number of carbonyl (C=O) groups excluding carboxylic acids is 8. The summed E-state index contributed by atoms with van der Waals surface area (Å²) in [7, 11) is 0. The van der Waals surface area contributed by atoms with Crippen LogP contribution in [0, 0.1) is 5.92 Å². The Morgan fingerprint density at radius 3 is 1.51 bits per heavy atom. The molecule has 1 heterocycles. The Morgan fingerprint density at radius 1 is 0.579 bits per heavy atom. The van der Waals surface area contributed by atoms with Crippen LogP contribution >= 0.6 is 0 Å². The predicted octanol–water partition coefficient (Wildman–Crippen LogP) is -0.591. The maximum absolute atomic E-state index is 14.4. The molecule has 1 rings (SSSR count). The zero-order valence-electron chi connectivity index (χ0n) is 46.1. The van der Waals surface area contributed by atoms with Gasteiger partial charge in [0.25, 0.3) is 0 Å². The van der Waals surface area contributed by atoms with E-state index in [0.717, 1.165) is 25.7 Å². The van der Waals surface area contributed by atoms with Crippen LogP contribution in [0.25, 0.3) is 0 Å². The predicted molar refractivity (Wildman–Crippen MR) is 295 cm³/mol. The maximum atomic E-state index is 14.4. The zero-order valence-corrected chi connectivity index (χ0v) is 46.1. The molecule has 0 radical (unpaired) electrons. The van der Waals surface area contributed by atoms with E-state index in [0.29, 0.717) is 96.3 Å². The van der Waals surface area contributed by atoms with E-state index in [1.165, 1.54) is 19.3 Å². The van der Waals surface area contributed by atoms with Crippen LogP contribution in [-0.4, -0.2) is 146 Å². The van der Waals surface area contributed by atoms with Crippen molar-refractivity contribution >= 4 is 53.2 Å². The number of nitrogens with one attached hydrogen (secondary N) is 8. The lowest BCUT2D eigenvalue weighted by Crippen LogP contribution is -2.59. The van der Waals surface area contributed by atoms with Crippen LogP contribution in [0.3, 0.4) is 0 Å². The Morgan fingerprint density at radius 2 is 1.04 bits per heavy atom. The number of rotatable bonds is 36. The topological polar surface area (TPSA) is 422 Å². The molecule has 1 fully saturated rings. The van der Waals surface area contributed by atoms with E-state index in [-0.39, 0.29) is 76.8 Å². The molecule has 24 heteroatoms. The van der Waals surface area contributed by atoms with Gasteiger partial charge in [-0.1, -0.05) is 58.8 Å². The highest BCUT2D eigenvalue weighted by atomic mass is 16.3. The smallest absolute Gasteiger partial charge is 0.243 e. The molecule has 0 aromatic rings. The molecule has 438 valence electrons. The van der Waals surface area contributed by atoms with E-state index in [1.54, 1.807) is 0 Å². The van der Waals surface area contributed by atoms with Gasteiger partial charge < -0.3 is 82.0 Å². The van der Waals surface area contributed by atoms with E-state index in [1.807, 2.05) is 0 Å². The Hall–Kier alpha value is -5.17. The molecule has 76 heavy (non-hydrogen) atoms. The number of aliphatic hydroxyl groups is 1. The average Bonchev–Trinajstić information content (AvgIpc) is 3.37. The summed E-state index contributed by atoms with van der Waals surface area (Å²) in [6.07, 6.45) is 12.7. The van der Waals surface area contributed by atoms with Crippen molar-refractivity contribution < 1.29 is 43.5 Å². The Balaban J connectivity index is 3.46. The lowest BCUT2D eigenvalue weighted by molar-refractivity contribution is -0.135. The van der Waals surface area contributed by atoms with Gasteiger partial charge in [-0.2, -0.15) is 0 Å². The maximum Gasteiger partial charge on any atom is 0.243 e. The SMILES string of the molecule is CC(C)CCCCCCCCC(O)CC(=O)NCC(=O)N[C@@H](CCCN=C(N)N)C(=O)N[C@H]1CCCCNC(=O)[C@H](CCCCN)NC(=O)[C@H](CCCCN)NC(=O)[C@H](CCCCN)NC(=O)[C@H](CCCCN)NC1=O. The highest BCUT2D eigenvalue weighted by Gasteiger charge is 2.33. The highest BCUT2D eigenvalue weighted by molar-refractivity contribution is 5.97. The lowest BCUT2D eigenvalue weighted by atomic mass is 10.0. The van der Waals surface area contributed by atoms with Crippen molar-refractivity contribution in [2.24, 2.45) is 45.3 Å². The third-order valence-corrected chi connectivity index (χ3v) is 13.2. The first-order valence-corrected chi connectivity index (χ1v) is 28.3. The van der Waals surface area contributed by atoms with Gasteiger partial charge in [0.2, 0.25) is 47.3 Å². The second kappa shape index (κ2) is 42.9. The van der Waals surface area contributed by atoms with Gasteiger partial charge in [-0.3, -0.25) is 43.3 Å². The lowest BCUT2D eigenvalue weighted by Gasteiger charge is -2.28. The van der Waals surface area contributed by atoms with Gasteiger partial charge in [0.15, 0.2) is 5.96 Å². The van der Waals surface area contributed by atoms with Gasteiger partial charge in [0.05, 0.1) is 19.1 Å².